The Bertz CT molecular complexity index is 1570. The number of unbranched alkanes of at least 4 members (excludes halogenated alkanes) is 3. The predicted molar refractivity (Wildman–Crippen MR) is 259 cm³/mol. The van der Waals surface area contributed by atoms with Crippen LogP contribution in [0.4, 0.5) is 5.69 Å². The molecule has 1 aromatic rings. The van der Waals surface area contributed by atoms with Gasteiger partial charge in [0.05, 0.1) is 0 Å². The number of nitrogens with zero attached hydrogens (tertiary/aromatic N) is 1. The van der Waals surface area contributed by atoms with E-state index in [0.717, 1.165) is 103 Å². The van der Waals surface area contributed by atoms with Crippen LogP contribution in [0.25, 0.3) is 0 Å². The molecule has 1 atom stereocenters. The van der Waals surface area contributed by atoms with E-state index in [-0.39, 0.29) is 17.6 Å². The third-order valence-corrected chi connectivity index (χ3v) is 9.17. The predicted octanol–water partition coefficient (Wildman–Crippen LogP) is 14.4. The molecule has 0 unspecified atom stereocenters. The molecule has 0 bridgehead atoms. The van der Waals surface area contributed by atoms with Crippen LogP contribution in [-0.2, 0) is 14.4 Å². The van der Waals surface area contributed by atoms with Gasteiger partial charge in [-0.1, -0.05) is 160 Å². The van der Waals surface area contributed by atoms with Crippen LogP contribution in [0.5, 0.6) is 0 Å². The monoisotopic (exact) mass is 816 g/mol. The molecule has 326 valence electrons. The van der Waals surface area contributed by atoms with Crippen molar-refractivity contribution in [3.8, 4) is 0 Å². The Kier molecular flexibility index (Phi) is 37.1. The number of carbonyl (C=O) groups is 3. The molecule has 0 saturated carbocycles. The van der Waals surface area contributed by atoms with Crippen molar-refractivity contribution in [1.29, 1.82) is 0 Å². The Labute approximate surface area is 365 Å². The van der Waals surface area contributed by atoms with Crippen LogP contribution in [-0.4, -0.2) is 28.6 Å². The quantitative estimate of drug-likeness (QED) is 0.0522. The normalized spacial score (nSPS) is 13.3. The van der Waals surface area contributed by atoms with E-state index < -0.39 is 6.04 Å². The Balaban J connectivity index is 2.28. The number of ketones is 1. The molecule has 1 aromatic heterocycles. The molecule has 2 amide bonds. The molecule has 0 aromatic carbocycles. The summed E-state index contributed by atoms with van der Waals surface area (Å²) in [5.74, 6) is -0.0984. The molecule has 2 N–H and O–H groups in total. The average molecular weight is 816 g/mol. The highest BCUT2D eigenvalue weighted by molar-refractivity contribution is 5.97. The van der Waals surface area contributed by atoms with Crippen molar-refractivity contribution in [2.75, 3.05) is 5.32 Å². The number of nitrogens with one attached hydrogen (secondary N) is 2. The summed E-state index contributed by atoms with van der Waals surface area (Å²) in [6.45, 7) is 4.30. The number of pyridine rings is 1. The van der Waals surface area contributed by atoms with Crippen LogP contribution in [0, 0.1) is 0 Å². The van der Waals surface area contributed by atoms with Crippen LogP contribution < -0.4 is 10.6 Å². The number of aromatic nitrogens is 1. The number of hydrogen-bond donors (Lipinski definition) is 2. The fourth-order valence-electron chi connectivity index (χ4n) is 5.81. The van der Waals surface area contributed by atoms with Crippen LogP contribution in [0.15, 0.2) is 158 Å². The van der Waals surface area contributed by atoms with Gasteiger partial charge in [0, 0.05) is 37.3 Å². The summed E-state index contributed by atoms with van der Waals surface area (Å²) in [4.78, 5) is 42.5. The van der Waals surface area contributed by atoms with Crippen LogP contribution in [0.3, 0.4) is 0 Å². The maximum atomic E-state index is 13.2. The minimum absolute atomic E-state index is 0.146. The Morgan fingerprint density at radius 2 is 0.883 bits per heavy atom. The Morgan fingerprint density at radius 3 is 1.33 bits per heavy atom. The molecule has 0 radical (unpaired) electrons. The zero-order valence-electron chi connectivity index (χ0n) is 37.1. The molecule has 1 rings (SSSR count). The molecule has 0 aliphatic heterocycles. The molecule has 0 fully saturated rings. The first kappa shape index (κ1) is 52.9. The zero-order valence-corrected chi connectivity index (χ0v) is 37.1. The lowest BCUT2D eigenvalue weighted by molar-refractivity contribution is -0.126. The number of anilines is 1. The third-order valence-electron chi connectivity index (χ3n) is 9.17. The third kappa shape index (κ3) is 36.0. The van der Waals surface area contributed by atoms with Gasteiger partial charge in [0.1, 0.15) is 11.8 Å². The molecule has 0 spiro atoms. The van der Waals surface area contributed by atoms with Gasteiger partial charge in [-0.15, -0.1) is 0 Å². The van der Waals surface area contributed by atoms with Crippen molar-refractivity contribution >= 4 is 23.3 Å². The van der Waals surface area contributed by atoms with Crippen molar-refractivity contribution < 1.29 is 14.4 Å². The number of hydrogen-bond acceptors (Lipinski definition) is 4. The number of amides is 2. The summed E-state index contributed by atoms with van der Waals surface area (Å²) >= 11 is 0. The van der Waals surface area contributed by atoms with Gasteiger partial charge in [-0.05, 0) is 115 Å². The van der Waals surface area contributed by atoms with Crippen molar-refractivity contribution in [1.82, 2.24) is 10.3 Å². The lowest BCUT2D eigenvalue weighted by Gasteiger charge is -2.18. The van der Waals surface area contributed by atoms with E-state index in [1.54, 1.807) is 24.5 Å². The van der Waals surface area contributed by atoms with E-state index in [2.05, 4.69) is 157 Å². The van der Waals surface area contributed by atoms with E-state index in [1.807, 2.05) is 6.08 Å². The molecule has 1 heterocycles. The summed E-state index contributed by atoms with van der Waals surface area (Å²) in [7, 11) is 0. The number of Topliss-reactive ketones (excluding diaryl/α,β-unsaturated/α-hetero) is 1. The van der Waals surface area contributed by atoms with E-state index in [0.29, 0.717) is 37.8 Å². The van der Waals surface area contributed by atoms with Crippen molar-refractivity contribution in [3.63, 3.8) is 0 Å². The second-order valence-electron chi connectivity index (χ2n) is 14.5. The molecular weight excluding hydrogens is 739 g/mol. The van der Waals surface area contributed by atoms with E-state index in [1.165, 1.54) is 0 Å². The molecule has 0 saturated heterocycles. The fourth-order valence-corrected chi connectivity index (χ4v) is 5.81. The van der Waals surface area contributed by atoms with E-state index in [9.17, 15) is 14.4 Å². The Hall–Kier alpha value is -5.10. The standard InChI is InChI=1S/C54H77N3O3/c1-3-5-7-9-11-13-15-17-19-21-22-24-26-28-30-32-34-36-41-45-53(59)57-52(54(60)56-50-46-48-55-49-47-50)44-40-37-39-43-51(58)42-38-35-33-31-29-27-25-23-20-18-16-14-12-10-8-6-4-2/h5-8,11-14,17-20,22,24-25,27-28,30-31,33-34,36,46-49,52H,3-4,9-10,15-16,21,23,26,29,32,35,37-45H2,1-2H3,(H,57,59)(H,55,56,60)/b7-5-,8-6-,13-11-,14-12-,19-17-,20-18-,24-22-,27-25-,30-28-,33-31-,36-34-/t52-/m0/s1. The highest BCUT2D eigenvalue weighted by atomic mass is 16.2. The summed E-state index contributed by atoms with van der Waals surface area (Å²) in [5.41, 5.74) is 0.641. The van der Waals surface area contributed by atoms with Gasteiger partial charge < -0.3 is 10.6 Å². The maximum absolute atomic E-state index is 13.2. The minimum Gasteiger partial charge on any atom is -0.344 e. The first-order valence-electron chi connectivity index (χ1n) is 22.7. The summed E-state index contributed by atoms with van der Waals surface area (Å²) in [6, 6.07) is 2.81. The van der Waals surface area contributed by atoms with Gasteiger partial charge in [0.25, 0.3) is 0 Å². The number of rotatable bonds is 36. The van der Waals surface area contributed by atoms with Gasteiger partial charge in [0.15, 0.2) is 0 Å². The second-order valence-corrected chi connectivity index (χ2v) is 14.5. The van der Waals surface area contributed by atoms with Crippen LogP contribution in [0.1, 0.15) is 149 Å². The van der Waals surface area contributed by atoms with Gasteiger partial charge in [-0.25, -0.2) is 0 Å². The summed E-state index contributed by atoms with van der Waals surface area (Å²) < 4.78 is 0. The highest BCUT2D eigenvalue weighted by Gasteiger charge is 2.20. The number of carbonyl (C=O) groups excluding carboxylic acids is 3. The SMILES string of the molecule is CC/C=C\C/C=C\C/C=C\C/C=C\C/C=C\C/C=C\CCC(=O)N[C@@H](CCCCCC(=O)CCC/C=C\C/C=C\C/C=C\C/C=C\C/C=C\CC)C(=O)Nc1ccncc1. The van der Waals surface area contributed by atoms with Gasteiger partial charge in [-0.2, -0.15) is 0 Å². The van der Waals surface area contributed by atoms with Gasteiger partial charge in [0.2, 0.25) is 11.8 Å². The molecule has 6 heteroatoms. The molecule has 0 aliphatic rings. The van der Waals surface area contributed by atoms with Crippen LogP contribution in [0.2, 0.25) is 0 Å². The lowest BCUT2D eigenvalue weighted by Crippen LogP contribution is -2.43. The molecular formula is C54H77N3O3. The van der Waals surface area contributed by atoms with E-state index >= 15 is 0 Å². The molecule has 6 nitrogen and oxygen atoms in total. The van der Waals surface area contributed by atoms with Crippen molar-refractivity contribution in [2.45, 2.75) is 155 Å². The first-order valence-corrected chi connectivity index (χ1v) is 22.7. The minimum atomic E-state index is -0.643. The Morgan fingerprint density at radius 1 is 0.483 bits per heavy atom. The molecule has 60 heavy (non-hydrogen) atoms. The first-order chi connectivity index (χ1) is 29.6. The second kappa shape index (κ2) is 42.0. The van der Waals surface area contributed by atoms with Crippen LogP contribution >= 0.6 is 0 Å². The van der Waals surface area contributed by atoms with Crippen molar-refractivity contribution in [2.24, 2.45) is 0 Å². The average Bonchev–Trinajstić information content (AvgIpc) is 3.25. The maximum Gasteiger partial charge on any atom is 0.246 e. The summed E-state index contributed by atoms with van der Waals surface area (Å²) in [5, 5.41) is 5.86. The smallest absolute Gasteiger partial charge is 0.246 e. The van der Waals surface area contributed by atoms with E-state index in [4.69, 9.17) is 0 Å². The van der Waals surface area contributed by atoms with Gasteiger partial charge in [-0.3, -0.25) is 19.4 Å². The van der Waals surface area contributed by atoms with Crippen molar-refractivity contribution in [3.05, 3.63) is 158 Å². The number of allylic oxidation sites excluding steroid dienone is 22. The van der Waals surface area contributed by atoms with Gasteiger partial charge >= 0.3 is 0 Å². The zero-order chi connectivity index (χ0) is 43.2. The lowest BCUT2D eigenvalue weighted by atomic mass is 10.0. The summed E-state index contributed by atoms with van der Waals surface area (Å²) in [6.07, 6.45) is 68.5. The highest BCUT2D eigenvalue weighted by Crippen LogP contribution is 2.12. The topological polar surface area (TPSA) is 88.2 Å². The fraction of sp³-hybridized carbons (Fsp3) is 0.444. The largest absolute Gasteiger partial charge is 0.344 e. The molecule has 0 aliphatic carbocycles.